The van der Waals surface area contributed by atoms with E-state index in [9.17, 15) is 9.59 Å². The van der Waals surface area contributed by atoms with Crippen molar-refractivity contribution in [1.82, 2.24) is 0 Å². The number of ether oxygens (including phenoxy) is 3. The molecule has 0 saturated heterocycles. The normalized spacial score (nSPS) is 17.0. The zero-order valence-corrected chi connectivity index (χ0v) is 23.3. The second-order valence-electron chi connectivity index (χ2n) is 9.89. The van der Waals surface area contributed by atoms with E-state index in [4.69, 9.17) is 43.1 Å². The number of Topliss-reactive ketones (excluding diaryl/α,β-unsaturated/α-hetero) is 1. The number of aryl methyl sites for hydroxylation is 2. The maximum absolute atomic E-state index is 13.1. The molecule has 5 rings (SSSR count). The number of nitrogens with two attached hydrogens (primary N) is 1. The molecule has 1 fully saturated rings. The monoisotopic (exact) mass is 565 g/mol. The van der Waals surface area contributed by atoms with Gasteiger partial charge >= 0.3 is 5.97 Å². The van der Waals surface area contributed by atoms with E-state index in [1.165, 1.54) is 7.11 Å². The maximum atomic E-state index is 13.1. The number of esters is 1. The Hall–Kier alpha value is -3.48. The van der Waals surface area contributed by atoms with Crippen molar-refractivity contribution in [3.63, 3.8) is 0 Å². The largest absolute Gasteiger partial charge is 0.489 e. The van der Waals surface area contributed by atoms with Crippen LogP contribution < -0.4 is 15.2 Å². The van der Waals surface area contributed by atoms with Crippen molar-refractivity contribution in [2.24, 2.45) is 11.7 Å². The summed E-state index contributed by atoms with van der Waals surface area (Å²) in [7, 11) is 1.37. The Morgan fingerprint density at radius 2 is 1.77 bits per heavy atom. The number of benzene rings is 3. The summed E-state index contributed by atoms with van der Waals surface area (Å²) in [6.07, 6.45) is 3.11. The van der Waals surface area contributed by atoms with Gasteiger partial charge in [-0.15, -0.1) is 0 Å². The van der Waals surface area contributed by atoms with Gasteiger partial charge in [0.1, 0.15) is 24.2 Å². The molecule has 6 nitrogen and oxygen atoms in total. The van der Waals surface area contributed by atoms with Gasteiger partial charge in [-0.05, 0) is 91.8 Å². The van der Waals surface area contributed by atoms with Gasteiger partial charge < -0.3 is 19.9 Å². The molecule has 8 heteroatoms. The molecule has 1 aliphatic carbocycles. The first-order valence-electron chi connectivity index (χ1n) is 12.8. The van der Waals surface area contributed by atoms with Crippen molar-refractivity contribution < 1.29 is 23.8 Å². The molecule has 1 aliphatic heterocycles. The molecule has 2 N–H and O–H groups in total. The van der Waals surface area contributed by atoms with E-state index in [1.54, 1.807) is 24.3 Å². The number of carbonyl (C=O) groups excluding carboxylic acids is 2. The third-order valence-corrected chi connectivity index (χ3v) is 7.83. The SMILES string of the molecule is COC(=O)c1ccc2c(c1)CCC(c1ccc(OCC(C(=O)C3CC3)=C(N)c3c(Cl)cccc3Cl)cc1C)O2. The molecular weight excluding hydrogens is 537 g/mol. The first-order valence-corrected chi connectivity index (χ1v) is 13.6. The van der Waals surface area contributed by atoms with Gasteiger partial charge in [0.25, 0.3) is 0 Å². The Kier molecular flexibility index (Phi) is 7.87. The van der Waals surface area contributed by atoms with Crippen LogP contribution in [0.1, 0.15) is 58.0 Å². The van der Waals surface area contributed by atoms with Crippen LogP contribution in [0, 0.1) is 12.8 Å². The molecule has 0 aromatic heterocycles. The van der Waals surface area contributed by atoms with Gasteiger partial charge in [-0.1, -0.05) is 35.3 Å². The van der Waals surface area contributed by atoms with Gasteiger partial charge in [0, 0.05) is 11.5 Å². The zero-order chi connectivity index (χ0) is 27.7. The Labute approximate surface area is 237 Å². The lowest BCUT2D eigenvalue weighted by Crippen LogP contribution is -2.19. The van der Waals surface area contributed by atoms with Crippen LogP contribution in [0.4, 0.5) is 0 Å². The molecule has 202 valence electrons. The second kappa shape index (κ2) is 11.3. The van der Waals surface area contributed by atoms with Crippen LogP contribution in [0.3, 0.4) is 0 Å². The third-order valence-electron chi connectivity index (χ3n) is 7.20. The Balaban J connectivity index is 1.33. The second-order valence-corrected chi connectivity index (χ2v) is 10.7. The van der Waals surface area contributed by atoms with E-state index >= 15 is 0 Å². The molecule has 1 heterocycles. The molecule has 2 aliphatic rings. The quantitative estimate of drug-likeness (QED) is 0.236. The lowest BCUT2D eigenvalue weighted by atomic mass is 9.94. The molecular formula is C31H29Cl2NO5. The average Bonchev–Trinajstić information content (AvgIpc) is 3.78. The van der Waals surface area contributed by atoms with Crippen LogP contribution in [0.15, 0.2) is 60.2 Å². The topological polar surface area (TPSA) is 87.9 Å². The Morgan fingerprint density at radius 1 is 1.03 bits per heavy atom. The van der Waals surface area contributed by atoms with Crippen molar-refractivity contribution in [3.8, 4) is 11.5 Å². The highest BCUT2D eigenvalue weighted by Crippen LogP contribution is 2.39. The number of rotatable bonds is 8. The molecule has 0 spiro atoms. The first kappa shape index (κ1) is 27.1. The molecule has 0 radical (unpaired) electrons. The predicted octanol–water partition coefficient (Wildman–Crippen LogP) is 6.88. The summed E-state index contributed by atoms with van der Waals surface area (Å²) in [5.41, 5.74) is 11.1. The smallest absolute Gasteiger partial charge is 0.337 e. The molecule has 3 aromatic carbocycles. The summed E-state index contributed by atoms with van der Waals surface area (Å²) in [5, 5.41) is 0.772. The van der Waals surface area contributed by atoms with Crippen LogP contribution in [0.5, 0.6) is 11.5 Å². The van der Waals surface area contributed by atoms with Crippen molar-refractivity contribution in [2.45, 2.75) is 38.7 Å². The van der Waals surface area contributed by atoms with Crippen LogP contribution in [-0.2, 0) is 16.0 Å². The van der Waals surface area contributed by atoms with Gasteiger partial charge in [-0.25, -0.2) is 4.79 Å². The highest BCUT2D eigenvalue weighted by atomic mass is 35.5. The van der Waals surface area contributed by atoms with Gasteiger partial charge in [0.2, 0.25) is 0 Å². The number of hydrogen-bond donors (Lipinski definition) is 1. The van der Waals surface area contributed by atoms with Gasteiger partial charge in [-0.2, -0.15) is 0 Å². The fourth-order valence-electron chi connectivity index (χ4n) is 4.89. The maximum Gasteiger partial charge on any atom is 0.337 e. The summed E-state index contributed by atoms with van der Waals surface area (Å²) in [5.74, 6) is 0.957. The minimum Gasteiger partial charge on any atom is -0.489 e. The first-order chi connectivity index (χ1) is 18.8. The summed E-state index contributed by atoms with van der Waals surface area (Å²) in [6, 6.07) is 16.3. The van der Waals surface area contributed by atoms with E-state index in [-0.39, 0.29) is 36.1 Å². The van der Waals surface area contributed by atoms with Crippen LogP contribution in [-0.4, -0.2) is 25.5 Å². The van der Waals surface area contributed by atoms with E-state index in [0.29, 0.717) is 32.5 Å². The van der Waals surface area contributed by atoms with E-state index in [0.717, 1.165) is 48.1 Å². The molecule has 1 unspecified atom stereocenters. The molecule has 3 aromatic rings. The van der Waals surface area contributed by atoms with Gasteiger partial charge in [0.15, 0.2) is 5.78 Å². The lowest BCUT2D eigenvalue weighted by molar-refractivity contribution is -0.116. The molecule has 1 saturated carbocycles. The fraction of sp³-hybridized carbons (Fsp3) is 0.290. The molecule has 1 atom stereocenters. The van der Waals surface area contributed by atoms with Crippen molar-refractivity contribution in [1.29, 1.82) is 0 Å². The van der Waals surface area contributed by atoms with Gasteiger partial charge in [0.05, 0.1) is 34.0 Å². The summed E-state index contributed by atoms with van der Waals surface area (Å²) in [4.78, 5) is 25.0. The molecule has 39 heavy (non-hydrogen) atoms. The highest BCUT2D eigenvalue weighted by Gasteiger charge is 2.34. The number of fused-ring (bicyclic) bond motifs is 1. The minimum absolute atomic E-state index is 0.0112. The number of methoxy groups -OCH3 is 1. The van der Waals surface area contributed by atoms with Crippen molar-refractivity contribution in [3.05, 3.63) is 98.0 Å². The minimum atomic E-state index is -0.361. The predicted molar refractivity (Wildman–Crippen MR) is 151 cm³/mol. The number of hydrogen-bond acceptors (Lipinski definition) is 6. The van der Waals surface area contributed by atoms with Crippen molar-refractivity contribution >= 4 is 40.7 Å². The standard InChI is InChI=1S/C31H29Cl2NO5/c1-17-14-21(10-11-22(17)27-13-8-19-15-20(31(36)37-2)9-12-26(19)39-27)38-16-23(30(35)18-6-7-18)29(34)28-24(32)4-3-5-25(28)33/h3-5,9-12,14-15,18,27H,6-8,13,16,34H2,1-2H3. The molecule has 0 amide bonds. The summed E-state index contributed by atoms with van der Waals surface area (Å²) >= 11 is 12.7. The van der Waals surface area contributed by atoms with E-state index in [1.807, 2.05) is 37.3 Å². The summed E-state index contributed by atoms with van der Waals surface area (Å²) in [6.45, 7) is 2.02. The zero-order valence-electron chi connectivity index (χ0n) is 21.8. The summed E-state index contributed by atoms with van der Waals surface area (Å²) < 4.78 is 17.2. The number of halogens is 2. The average molecular weight is 566 g/mol. The molecule has 0 bridgehead atoms. The number of carbonyl (C=O) groups is 2. The van der Waals surface area contributed by atoms with Crippen LogP contribution in [0.2, 0.25) is 10.0 Å². The highest BCUT2D eigenvalue weighted by molar-refractivity contribution is 6.37. The van der Waals surface area contributed by atoms with Crippen molar-refractivity contribution in [2.75, 3.05) is 13.7 Å². The van der Waals surface area contributed by atoms with E-state index in [2.05, 4.69) is 0 Å². The van der Waals surface area contributed by atoms with Gasteiger partial charge in [-0.3, -0.25) is 4.79 Å². The Bertz CT molecular complexity index is 1460. The van der Waals surface area contributed by atoms with Crippen LogP contribution >= 0.6 is 23.2 Å². The fourth-order valence-corrected chi connectivity index (χ4v) is 5.49. The Morgan fingerprint density at radius 3 is 2.44 bits per heavy atom. The lowest BCUT2D eigenvalue weighted by Gasteiger charge is -2.28. The van der Waals surface area contributed by atoms with E-state index < -0.39 is 0 Å². The number of ketones is 1. The van der Waals surface area contributed by atoms with Crippen LogP contribution in [0.25, 0.3) is 5.70 Å². The third kappa shape index (κ3) is 5.77.